The number of rotatable bonds is 3. The van der Waals surface area contributed by atoms with Crippen LogP contribution in [0.2, 0.25) is 10.2 Å². The van der Waals surface area contributed by atoms with Crippen molar-refractivity contribution in [3.8, 4) is 0 Å². The van der Waals surface area contributed by atoms with Crippen LogP contribution in [0.3, 0.4) is 0 Å². The van der Waals surface area contributed by atoms with E-state index in [4.69, 9.17) is 27.9 Å². The summed E-state index contributed by atoms with van der Waals surface area (Å²) in [5, 5.41) is 9.61. The van der Waals surface area contributed by atoms with Gasteiger partial charge in [-0.2, -0.15) is 5.10 Å². The van der Waals surface area contributed by atoms with Crippen molar-refractivity contribution in [3.05, 3.63) is 92.6 Å². The number of benzene rings is 2. The van der Waals surface area contributed by atoms with Gasteiger partial charge in [0.2, 0.25) is 0 Å². The molecule has 7 nitrogen and oxygen atoms in total. The zero-order valence-electron chi connectivity index (χ0n) is 19.8. The minimum atomic E-state index is -0.832. The average Bonchev–Trinajstić information content (AvgIpc) is 3.35. The molecule has 6 rings (SSSR count). The van der Waals surface area contributed by atoms with Crippen LogP contribution >= 0.6 is 23.2 Å². The van der Waals surface area contributed by atoms with Gasteiger partial charge in [0, 0.05) is 53.7 Å². The van der Waals surface area contributed by atoms with E-state index < -0.39 is 17.4 Å². The maximum atomic E-state index is 13.7. The third kappa shape index (κ3) is 4.04. The number of nitrogens with zero attached hydrogens (tertiary/aromatic N) is 4. The molecule has 0 radical (unpaired) electrons. The molecule has 2 aromatic heterocycles. The van der Waals surface area contributed by atoms with Crippen LogP contribution in [0.5, 0.6) is 0 Å². The van der Waals surface area contributed by atoms with Gasteiger partial charge in [0.1, 0.15) is 11.4 Å². The van der Waals surface area contributed by atoms with Crippen LogP contribution in [0.15, 0.2) is 48.7 Å². The Morgan fingerprint density at radius 1 is 1.11 bits per heavy atom. The van der Waals surface area contributed by atoms with Gasteiger partial charge in [0.25, 0.3) is 5.91 Å². The molecule has 0 saturated carbocycles. The molecule has 1 saturated heterocycles. The zero-order chi connectivity index (χ0) is 25.9. The van der Waals surface area contributed by atoms with E-state index in [1.807, 2.05) is 35.9 Å². The molecule has 0 bridgehead atoms. The fourth-order valence-electron chi connectivity index (χ4n) is 5.37. The Labute approximate surface area is 221 Å². The summed E-state index contributed by atoms with van der Waals surface area (Å²) in [6.45, 7) is 3.02. The SMILES string of the molecule is Cc1cc(Cn2cc(C(=O)N3CCC4(CC3)OC(=O)c3cc(F)ccc34)c3ccc(Cl)cc32)c(Cl)nn1. The van der Waals surface area contributed by atoms with Crippen LogP contribution in [0.4, 0.5) is 4.39 Å². The van der Waals surface area contributed by atoms with Crippen molar-refractivity contribution in [1.82, 2.24) is 19.7 Å². The number of esters is 1. The minimum Gasteiger partial charge on any atom is -0.450 e. The first-order chi connectivity index (χ1) is 17.7. The van der Waals surface area contributed by atoms with Crippen LogP contribution in [0.1, 0.15) is 50.4 Å². The van der Waals surface area contributed by atoms with Crippen LogP contribution < -0.4 is 0 Å². The molecule has 188 valence electrons. The number of piperidine rings is 1. The van der Waals surface area contributed by atoms with E-state index in [2.05, 4.69) is 10.2 Å². The van der Waals surface area contributed by atoms with Crippen molar-refractivity contribution in [2.75, 3.05) is 13.1 Å². The number of halogens is 3. The number of hydrogen-bond donors (Lipinski definition) is 0. The summed E-state index contributed by atoms with van der Waals surface area (Å²) in [7, 11) is 0. The Morgan fingerprint density at radius 2 is 1.89 bits per heavy atom. The number of ether oxygens (including phenoxy) is 1. The lowest BCUT2D eigenvalue weighted by Gasteiger charge is -2.38. The fraction of sp³-hybridized carbons (Fsp3) is 0.259. The number of likely N-dealkylation sites (tertiary alicyclic amines) is 1. The number of amides is 1. The number of carbonyl (C=O) groups excluding carboxylic acids is 2. The van der Waals surface area contributed by atoms with E-state index in [0.29, 0.717) is 53.8 Å². The van der Waals surface area contributed by atoms with Crippen molar-refractivity contribution in [3.63, 3.8) is 0 Å². The highest BCUT2D eigenvalue weighted by molar-refractivity contribution is 6.31. The smallest absolute Gasteiger partial charge is 0.339 e. The van der Waals surface area contributed by atoms with Gasteiger partial charge < -0.3 is 14.2 Å². The number of aromatic nitrogens is 3. The Kier molecular flexibility index (Phi) is 5.69. The Hall–Kier alpha value is -3.49. The Bertz CT molecular complexity index is 1590. The quantitative estimate of drug-likeness (QED) is 0.320. The van der Waals surface area contributed by atoms with E-state index in [0.717, 1.165) is 22.2 Å². The van der Waals surface area contributed by atoms with Gasteiger partial charge in [-0.1, -0.05) is 35.3 Å². The summed E-state index contributed by atoms with van der Waals surface area (Å²) in [4.78, 5) is 27.9. The standard InChI is InChI=1S/C27H21Cl2FN4O3/c1-15-10-16(24(29)32-31-15)13-34-14-21(19-4-2-17(28)11-23(19)34)25(35)33-8-6-27(7-9-33)22-5-3-18(30)12-20(22)26(36)37-27/h2-5,10-12,14H,6-9,13H2,1H3. The highest BCUT2D eigenvalue weighted by Crippen LogP contribution is 2.44. The Morgan fingerprint density at radius 3 is 2.68 bits per heavy atom. The van der Waals surface area contributed by atoms with Gasteiger partial charge in [-0.3, -0.25) is 4.79 Å². The third-order valence-electron chi connectivity index (χ3n) is 7.20. The lowest BCUT2D eigenvalue weighted by Crippen LogP contribution is -2.45. The van der Waals surface area contributed by atoms with Gasteiger partial charge >= 0.3 is 5.97 Å². The summed E-state index contributed by atoms with van der Waals surface area (Å²) in [6, 6.07) is 11.5. The predicted molar refractivity (Wildman–Crippen MR) is 136 cm³/mol. The lowest BCUT2D eigenvalue weighted by molar-refractivity contribution is -0.0389. The fourth-order valence-corrected chi connectivity index (χ4v) is 5.69. The third-order valence-corrected chi connectivity index (χ3v) is 7.75. The van der Waals surface area contributed by atoms with E-state index in [-0.39, 0.29) is 11.5 Å². The zero-order valence-corrected chi connectivity index (χ0v) is 21.3. The minimum absolute atomic E-state index is 0.125. The molecule has 4 heterocycles. The van der Waals surface area contributed by atoms with Crippen molar-refractivity contribution in [2.24, 2.45) is 0 Å². The topological polar surface area (TPSA) is 77.3 Å². The highest BCUT2D eigenvalue weighted by atomic mass is 35.5. The van der Waals surface area contributed by atoms with Gasteiger partial charge in [-0.25, -0.2) is 9.18 Å². The first-order valence-electron chi connectivity index (χ1n) is 11.8. The molecule has 0 unspecified atom stereocenters. The number of aryl methyl sites for hydroxylation is 1. The maximum absolute atomic E-state index is 13.7. The summed E-state index contributed by atoms with van der Waals surface area (Å²) >= 11 is 12.6. The van der Waals surface area contributed by atoms with E-state index >= 15 is 0 Å². The maximum Gasteiger partial charge on any atom is 0.339 e. The molecule has 0 atom stereocenters. The second-order valence-electron chi connectivity index (χ2n) is 9.50. The van der Waals surface area contributed by atoms with E-state index in [9.17, 15) is 14.0 Å². The second kappa shape index (κ2) is 8.82. The first kappa shape index (κ1) is 23.9. The molecule has 2 aromatic carbocycles. The molecule has 10 heteroatoms. The van der Waals surface area contributed by atoms with Gasteiger partial charge in [0.05, 0.1) is 28.9 Å². The van der Waals surface area contributed by atoms with E-state index in [1.165, 1.54) is 12.1 Å². The van der Waals surface area contributed by atoms with Crippen LogP contribution in [-0.2, 0) is 16.9 Å². The number of carbonyl (C=O) groups is 2. The molecule has 2 aliphatic rings. The largest absolute Gasteiger partial charge is 0.450 e. The number of hydrogen-bond acceptors (Lipinski definition) is 5. The first-order valence-corrected chi connectivity index (χ1v) is 12.6. The van der Waals surface area contributed by atoms with E-state index in [1.54, 1.807) is 17.0 Å². The summed E-state index contributed by atoms with van der Waals surface area (Å²) in [6.07, 6.45) is 2.68. The molecule has 1 amide bonds. The van der Waals surface area contributed by atoms with Crippen LogP contribution in [0.25, 0.3) is 10.9 Å². The molecule has 37 heavy (non-hydrogen) atoms. The van der Waals surface area contributed by atoms with Crippen LogP contribution in [-0.4, -0.2) is 44.6 Å². The van der Waals surface area contributed by atoms with Gasteiger partial charge in [-0.15, -0.1) is 5.10 Å². The molecular formula is C27H21Cl2FN4O3. The molecular weight excluding hydrogens is 518 g/mol. The molecule has 4 aromatic rings. The Balaban J connectivity index is 1.29. The molecule has 0 N–H and O–H groups in total. The normalized spacial score (nSPS) is 16.3. The summed E-state index contributed by atoms with van der Waals surface area (Å²) in [5.74, 6) is -1.12. The predicted octanol–water partition coefficient (Wildman–Crippen LogP) is 5.54. The molecule has 2 aliphatic heterocycles. The van der Waals surface area contributed by atoms with Crippen molar-refractivity contribution in [2.45, 2.75) is 31.9 Å². The average molecular weight is 539 g/mol. The van der Waals surface area contributed by atoms with Crippen molar-refractivity contribution >= 4 is 46.0 Å². The molecule has 1 spiro atoms. The monoisotopic (exact) mass is 538 g/mol. The lowest BCUT2D eigenvalue weighted by atomic mass is 9.83. The summed E-state index contributed by atoms with van der Waals surface area (Å²) in [5.41, 5.74) is 2.99. The van der Waals surface area contributed by atoms with Gasteiger partial charge in [-0.05, 0) is 37.3 Å². The molecule has 0 aliphatic carbocycles. The second-order valence-corrected chi connectivity index (χ2v) is 10.3. The van der Waals surface area contributed by atoms with Gasteiger partial charge in [0.15, 0.2) is 5.15 Å². The van der Waals surface area contributed by atoms with Crippen molar-refractivity contribution in [1.29, 1.82) is 0 Å². The number of fused-ring (bicyclic) bond motifs is 3. The van der Waals surface area contributed by atoms with Crippen LogP contribution in [0, 0.1) is 12.7 Å². The molecule has 1 fully saturated rings. The van der Waals surface area contributed by atoms with Crippen molar-refractivity contribution < 1.29 is 18.7 Å². The summed E-state index contributed by atoms with van der Waals surface area (Å²) < 4.78 is 21.4. The highest BCUT2D eigenvalue weighted by Gasteiger charge is 2.48.